The molecule has 0 aliphatic heterocycles. The van der Waals surface area contributed by atoms with Crippen LogP contribution in [0.15, 0.2) is 59.5 Å². The van der Waals surface area contributed by atoms with Crippen molar-refractivity contribution in [2.75, 3.05) is 13.2 Å². The van der Waals surface area contributed by atoms with E-state index in [2.05, 4.69) is 10.0 Å². The minimum Gasteiger partial charge on any atom is -0.462 e. The van der Waals surface area contributed by atoms with Crippen LogP contribution in [0.3, 0.4) is 0 Å². The van der Waals surface area contributed by atoms with Gasteiger partial charge in [0, 0.05) is 19.5 Å². The molecule has 150 valence electrons. The fraction of sp³-hybridized carbons (Fsp3) is 0.300. The number of nitrogens with one attached hydrogen (secondary N) is 2. The molecule has 0 saturated heterocycles. The summed E-state index contributed by atoms with van der Waals surface area (Å²) in [5.41, 5.74) is 1.29. The number of hydrogen-bond donors (Lipinski definition) is 2. The van der Waals surface area contributed by atoms with Crippen LogP contribution in [-0.2, 0) is 26.1 Å². The number of sulfonamides is 1. The van der Waals surface area contributed by atoms with Gasteiger partial charge in [0.1, 0.15) is 0 Å². The molecule has 7 nitrogen and oxygen atoms in total. The van der Waals surface area contributed by atoms with Crippen LogP contribution in [0.1, 0.15) is 35.7 Å². The van der Waals surface area contributed by atoms with Crippen LogP contribution < -0.4 is 10.0 Å². The van der Waals surface area contributed by atoms with Gasteiger partial charge in [-0.3, -0.25) is 4.79 Å². The van der Waals surface area contributed by atoms with E-state index >= 15 is 0 Å². The molecule has 0 bridgehead atoms. The van der Waals surface area contributed by atoms with Gasteiger partial charge in [-0.05, 0) is 43.2 Å². The molecule has 0 saturated carbocycles. The lowest BCUT2D eigenvalue weighted by Gasteiger charge is -2.08. The van der Waals surface area contributed by atoms with Gasteiger partial charge in [-0.25, -0.2) is 17.9 Å². The largest absolute Gasteiger partial charge is 0.462 e. The normalized spacial score (nSPS) is 11.0. The van der Waals surface area contributed by atoms with Gasteiger partial charge in [0.05, 0.1) is 17.1 Å². The van der Waals surface area contributed by atoms with Gasteiger partial charge in [0.25, 0.3) is 0 Å². The second-order valence-corrected chi connectivity index (χ2v) is 7.78. The first kappa shape index (κ1) is 21.6. The Bertz CT molecular complexity index is 881. The lowest BCUT2D eigenvalue weighted by molar-refractivity contribution is -0.121. The summed E-state index contributed by atoms with van der Waals surface area (Å²) >= 11 is 0. The van der Waals surface area contributed by atoms with Crippen molar-refractivity contribution in [1.82, 2.24) is 10.0 Å². The van der Waals surface area contributed by atoms with E-state index in [1.807, 2.05) is 30.3 Å². The molecule has 2 N–H and O–H groups in total. The predicted molar refractivity (Wildman–Crippen MR) is 105 cm³/mol. The summed E-state index contributed by atoms with van der Waals surface area (Å²) in [6.07, 6.45) is 0.595. The summed E-state index contributed by atoms with van der Waals surface area (Å²) in [6, 6.07) is 15.0. The summed E-state index contributed by atoms with van der Waals surface area (Å²) in [5, 5.41) is 2.80. The van der Waals surface area contributed by atoms with E-state index in [4.69, 9.17) is 4.74 Å². The van der Waals surface area contributed by atoms with E-state index in [0.717, 1.165) is 5.56 Å². The van der Waals surface area contributed by atoms with Crippen LogP contribution in [0.4, 0.5) is 0 Å². The Kier molecular flexibility index (Phi) is 8.16. The summed E-state index contributed by atoms with van der Waals surface area (Å²) in [7, 11) is -3.70. The molecule has 28 heavy (non-hydrogen) atoms. The topological polar surface area (TPSA) is 102 Å². The number of ether oxygens (including phenoxy) is 1. The third-order valence-electron chi connectivity index (χ3n) is 3.88. The molecule has 2 aromatic rings. The Labute approximate surface area is 165 Å². The first-order valence-electron chi connectivity index (χ1n) is 9.00. The first-order valence-corrected chi connectivity index (χ1v) is 10.5. The van der Waals surface area contributed by atoms with E-state index in [1.54, 1.807) is 6.92 Å². The second kappa shape index (κ2) is 10.6. The molecule has 0 atom stereocenters. The zero-order valence-electron chi connectivity index (χ0n) is 15.7. The van der Waals surface area contributed by atoms with Crippen LogP contribution in [-0.4, -0.2) is 33.4 Å². The average Bonchev–Trinajstić information content (AvgIpc) is 2.71. The fourth-order valence-corrected chi connectivity index (χ4v) is 3.48. The lowest BCUT2D eigenvalue weighted by Crippen LogP contribution is -2.27. The van der Waals surface area contributed by atoms with Gasteiger partial charge < -0.3 is 10.1 Å². The summed E-state index contributed by atoms with van der Waals surface area (Å²) in [6.45, 7) is 2.53. The van der Waals surface area contributed by atoms with E-state index in [9.17, 15) is 18.0 Å². The van der Waals surface area contributed by atoms with Crippen LogP contribution in [0, 0.1) is 0 Å². The number of rotatable bonds is 10. The smallest absolute Gasteiger partial charge is 0.338 e. The highest BCUT2D eigenvalue weighted by Crippen LogP contribution is 2.11. The van der Waals surface area contributed by atoms with Gasteiger partial charge in [-0.1, -0.05) is 30.3 Å². The Morgan fingerprint density at radius 2 is 1.68 bits per heavy atom. The Hall–Kier alpha value is -2.71. The molecular weight excluding hydrogens is 380 g/mol. The molecule has 0 fully saturated rings. The first-order chi connectivity index (χ1) is 13.4. The number of carbonyl (C=O) groups is 2. The molecule has 0 spiro atoms. The van der Waals surface area contributed by atoms with Crippen molar-refractivity contribution in [3.05, 3.63) is 65.7 Å². The molecule has 0 radical (unpaired) electrons. The van der Waals surface area contributed by atoms with Crippen molar-refractivity contribution in [3.63, 3.8) is 0 Å². The standard InChI is InChI=1S/C20H24N2O5S/c1-2-27-20(24)17-10-12-18(13-11-17)28(25,26)22-14-6-9-19(23)21-15-16-7-4-3-5-8-16/h3-5,7-8,10-13,22H,2,6,9,14-15H2,1H3,(H,21,23). The summed E-state index contributed by atoms with van der Waals surface area (Å²) < 4.78 is 31.8. The van der Waals surface area contributed by atoms with Gasteiger partial charge in [-0.2, -0.15) is 0 Å². The number of carbonyl (C=O) groups excluding carboxylic acids is 2. The van der Waals surface area contributed by atoms with E-state index < -0.39 is 16.0 Å². The Morgan fingerprint density at radius 3 is 2.32 bits per heavy atom. The van der Waals surface area contributed by atoms with E-state index in [1.165, 1.54) is 24.3 Å². The number of amides is 1. The maximum atomic E-state index is 12.3. The predicted octanol–water partition coefficient (Wildman–Crippen LogP) is 2.24. The highest BCUT2D eigenvalue weighted by atomic mass is 32.2. The third-order valence-corrected chi connectivity index (χ3v) is 5.36. The van der Waals surface area contributed by atoms with E-state index in [0.29, 0.717) is 13.0 Å². The molecule has 0 aromatic heterocycles. The van der Waals surface area contributed by atoms with Crippen LogP contribution >= 0.6 is 0 Å². The molecule has 2 aromatic carbocycles. The van der Waals surface area contributed by atoms with Gasteiger partial charge in [-0.15, -0.1) is 0 Å². The van der Waals surface area contributed by atoms with Crippen molar-refractivity contribution in [2.24, 2.45) is 0 Å². The minimum absolute atomic E-state index is 0.0501. The number of esters is 1. The monoisotopic (exact) mass is 404 g/mol. The zero-order chi connectivity index (χ0) is 20.4. The average molecular weight is 404 g/mol. The highest BCUT2D eigenvalue weighted by molar-refractivity contribution is 7.89. The molecule has 8 heteroatoms. The quantitative estimate of drug-likeness (QED) is 0.467. The molecule has 0 aliphatic rings. The van der Waals surface area contributed by atoms with Crippen molar-refractivity contribution in [3.8, 4) is 0 Å². The van der Waals surface area contributed by atoms with Gasteiger partial charge in [0.2, 0.25) is 15.9 Å². The molecule has 2 rings (SSSR count). The number of hydrogen-bond acceptors (Lipinski definition) is 5. The molecule has 0 unspecified atom stereocenters. The van der Waals surface area contributed by atoms with Gasteiger partial charge in [0.15, 0.2) is 0 Å². The maximum absolute atomic E-state index is 12.3. The minimum atomic E-state index is -3.70. The molecule has 1 amide bonds. The van der Waals surface area contributed by atoms with Gasteiger partial charge >= 0.3 is 5.97 Å². The zero-order valence-corrected chi connectivity index (χ0v) is 16.5. The third kappa shape index (κ3) is 6.79. The maximum Gasteiger partial charge on any atom is 0.338 e. The molecular formula is C20H24N2O5S. The Balaban J connectivity index is 1.75. The van der Waals surface area contributed by atoms with Crippen molar-refractivity contribution < 1.29 is 22.7 Å². The fourth-order valence-electron chi connectivity index (χ4n) is 2.41. The summed E-state index contributed by atoms with van der Waals surface area (Å²) in [4.78, 5) is 23.5. The SMILES string of the molecule is CCOC(=O)c1ccc(S(=O)(=O)NCCCC(=O)NCc2ccccc2)cc1. The number of benzene rings is 2. The van der Waals surface area contributed by atoms with Crippen molar-refractivity contribution in [2.45, 2.75) is 31.2 Å². The Morgan fingerprint density at radius 1 is 1.00 bits per heavy atom. The highest BCUT2D eigenvalue weighted by Gasteiger charge is 2.15. The van der Waals surface area contributed by atoms with Crippen molar-refractivity contribution in [1.29, 1.82) is 0 Å². The van der Waals surface area contributed by atoms with Crippen molar-refractivity contribution >= 4 is 21.9 Å². The molecule has 0 aliphatic carbocycles. The van der Waals surface area contributed by atoms with E-state index in [-0.39, 0.29) is 35.9 Å². The molecule has 0 heterocycles. The van der Waals surface area contributed by atoms with Crippen LogP contribution in [0.2, 0.25) is 0 Å². The van der Waals surface area contributed by atoms with Crippen LogP contribution in [0.5, 0.6) is 0 Å². The van der Waals surface area contributed by atoms with Crippen LogP contribution in [0.25, 0.3) is 0 Å². The second-order valence-electron chi connectivity index (χ2n) is 6.01. The lowest BCUT2D eigenvalue weighted by atomic mass is 10.2. The summed E-state index contributed by atoms with van der Waals surface area (Å²) in [5.74, 6) is -0.636.